The Bertz CT molecular complexity index is 431. The molecular weight excluding hydrogens is 312 g/mol. The summed E-state index contributed by atoms with van der Waals surface area (Å²) < 4.78 is 0. The zero-order valence-corrected chi connectivity index (χ0v) is 9.29. The van der Waals surface area contributed by atoms with Crippen LogP contribution in [0.2, 0.25) is 0 Å². The van der Waals surface area contributed by atoms with E-state index in [0.29, 0.717) is 0 Å². The fourth-order valence-electron chi connectivity index (χ4n) is 1.11. The lowest BCUT2D eigenvalue weighted by Crippen LogP contribution is -2.64. The molecule has 18 nitrogen and oxygen atoms in total. The number of rotatable bonds is 8. The van der Waals surface area contributed by atoms with Gasteiger partial charge in [0.05, 0.1) is 0 Å². The smallest absolute Gasteiger partial charge is 0.253 e. The van der Waals surface area contributed by atoms with E-state index in [0.717, 1.165) is 0 Å². The number of hydrogen-bond donors (Lipinski definition) is 0. The highest BCUT2D eigenvalue weighted by Gasteiger charge is 2.88. The second-order valence-electron chi connectivity index (χ2n) is 3.27. The Morgan fingerprint density at radius 2 is 0.619 bits per heavy atom. The SMILES string of the molecule is O=[N+]([O-])C(CC([N+](=O)[O-])([N+](=O)[O-])[N+](=O)[O-])([N+](=O)[O-])[N+](=O)[O-]. The summed E-state index contributed by atoms with van der Waals surface area (Å²) in [6.45, 7) is 0. The van der Waals surface area contributed by atoms with E-state index in [1.54, 1.807) is 0 Å². The van der Waals surface area contributed by atoms with Gasteiger partial charge in [-0.25, -0.2) is 0 Å². The lowest BCUT2D eigenvalue weighted by molar-refractivity contribution is -1.02. The van der Waals surface area contributed by atoms with Crippen molar-refractivity contribution in [2.24, 2.45) is 0 Å². The standard InChI is InChI=1S/C3H2N6O12/c10-4(11)2(5(12)13,6(14)15)1-3(7(16)17,8(18)19)9(20)21/h1H2. The molecule has 0 radical (unpaired) electrons. The van der Waals surface area contributed by atoms with E-state index in [9.17, 15) is 60.7 Å². The second kappa shape index (κ2) is 5.18. The number of nitro groups is 6. The predicted molar refractivity (Wildman–Crippen MR) is 52.0 cm³/mol. The number of hydrogen-bond acceptors (Lipinski definition) is 12. The summed E-state index contributed by atoms with van der Waals surface area (Å²) in [6, 6.07) is 0. The quantitative estimate of drug-likeness (QED) is 0.277. The first-order valence-corrected chi connectivity index (χ1v) is 4.24. The molecule has 0 aromatic heterocycles. The third kappa shape index (κ3) is 2.31. The molecule has 0 unspecified atom stereocenters. The zero-order valence-electron chi connectivity index (χ0n) is 9.29. The molecule has 0 N–H and O–H groups in total. The van der Waals surface area contributed by atoms with Gasteiger partial charge in [0.1, 0.15) is 0 Å². The first kappa shape index (κ1) is 17.4. The summed E-state index contributed by atoms with van der Waals surface area (Å²) in [7, 11) is 0. The van der Waals surface area contributed by atoms with Crippen molar-refractivity contribution in [1.29, 1.82) is 0 Å². The Morgan fingerprint density at radius 1 is 0.476 bits per heavy atom. The minimum absolute atomic E-state index is 2.29. The Hall–Kier alpha value is -3.60. The van der Waals surface area contributed by atoms with Crippen LogP contribution < -0.4 is 0 Å². The third-order valence-electron chi connectivity index (χ3n) is 2.23. The van der Waals surface area contributed by atoms with E-state index in [-0.39, 0.29) is 0 Å². The van der Waals surface area contributed by atoms with Gasteiger partial charge in [0.25, 0.3) is 0 Å². The molecule has 0 fully saturated rings. The monoisotopic (exact) mass is 314 g/mol. The van der Waals surface area contributed by atoms with Gasteiger partial charge in [-0.05, 0) is 0 Å². The Morgan fingerprint density at radius 3 is 0.714 bits per heavy atom. The molecule has 18 heteroatoms. The second-order valence-corrected chi connectivity index (χ2v) is 3.27. The van der Waals surface area contributed by atoms with Crippen molar-refractivity contribution in [3.05, 3.63) is 60.7 Å². The van der Waals surface area contributed by atoms with Crippen LogP contribution in [-0.2, 0) is 0 Å². The van der Waals surface area contributed by atoms with E-state index in [1.807, 2.05) is 0 Å². The van der Waals surface area contributed by atoms with Crippen LogP contribution in [0.15, 0.2) is 0 Å². The molecule has 0 saturated heterocycles. The summed E-state index contributed by atoms with van der Waals surface area (Å²) in [5.41, 5.74) is 0. The minimum atomic E-state index is -4.73. The van der Waals surface area contributed by atoms with Crippen LogP contribution >= 0.6 is 0 Å². The Balaban J connectivity index is 6.47. The summed E-state index contributed by atoms with van der Waals surface area (Å²) in [4.78, 5) is 49.3. The van der Waals surface area contributed by atoms with E-state index < -0.39 is 47.5 Å². The average Bonchev–Trinajstić information content (AvgIpc) is 2.26. The summed E-state index contributed by atoms with van der Waals surface area (Å²) in [5.74, 6) is -9.46. The number of nitrogens with zero attached hydrogens (tertiary/aromatic N) is 6. The van der Waals surface area contributed by atoms with Crippen molar-refractivity contribution in [3.63, 3.8) is 0 Å². The molecular formula is C3H2N6O12. The van der Waals surface area contributed by atoms with Gasteiger partial charge in [-0.1, -0.05) is 0 Å². The molecule has 116 valence electrons. The van der Waals surface area contributed by atoms with Gasteiger partial charge >= 0.3 is 18.0 Å². The first-order valence-electron chi connectivity index (χ1n) is 4.24. The fraction of sp³-hybridized carbons (Fsp3) is 1.00. The normalized spacial score (nSPS) is 11.4. The van der Waals surface area contributed by atoms with Gasteiger partial charge in [-0.3, -0.25) is 60.7 Å². The molecule has 0 aliphatic carbocycles. The summed E-state index contributed by atoms with van der Waals surface area (Å²) in [5, 5.41) is 63.0. The first-order chi connectivity index (χ1) is 9.37. The fourth-order valence-corrected chi connectivity index (χ4v) is 1.11. The Kier molecular flexibility index (Phi) is 4.29. The lowest BCUT2D eigenvalue weighted by atomic mass is 10.1. The molecule has 0 aliphatic rings. The van der Waals surface area contributed by atoms with E-state index in [4.69, 9.17) is 0 Å². The van der Waals surface area contributed by atoms with Gasteiger partial charge in [-0.2, -0.15) is 0 Å². The lowest BCUT2D eigenvalue weighted by Gasteiger charge is -2.11. The summed E-state index contributed by atoms with van der Waals surface area (Å²) in [6.07, 6.45) is -2.83. The van der Waals surface area contributed by atoms with Gasteiger partial charge < -0.3 is 0 Å². The van der Waals surface area contributed by atoms with Gasteiger partial charge in [0, 0.05) is 0 Å². The molecule has 0 atom stereocenters. The maximum Gasteiger partial charge on any atom is 0.723 e. The van der Waals surface area contributed by atoms with Gasteiger partial charge in [0.15, 0.2) is 29.5 Å². The minimum Gasteiger partial charge on any atom is -0.253 e. The van der Waals surface area contributed by atoms with Gasteiger partial charge in [-0.15, -0.1) is 0 Å². The highest BCUT2D eigenvalue weighted by Crippen LogP contribution is 2.29. The molecule has 0 saturated carbocycles. The van der Waals surface area contributed by atoms with Crippen LogP contribution in [0.25, 0.3) is 0 Å². The van der Waals surface area contributed by atoms with Crippen LogP contribution in [0.3, 0.4) is 0 Å². The molecule has 0 spiro atoms. The van der Waals surface area contributed by atoms with E-state index in [1.165, 1.54) is 0 Å². The van der Waals surface area contributed by atoms with Gasteiger partial charge in [0.2, 0.25) is 0 Å². The molecule has 0 bridgehead atoms. The van der Waals surface area contributed by atoms with Crippen molar-refractivity contribution in [1.82, 2.24) is 0 Å². The molecule has 0 aliphatic heterocycles. The van der Waals surface area contributed by atoms with Crippen molar-refractivity contribution in [3.8, 4) is 0 Å². The third-order valence-corrected chi connectivity index (χ3v) is 2.23. The van der Waals surface area contributed by atoms with E-state index >= 15 is 0 Å². The topological polar surface area (TPSA) is 259 Å². The molecule has 0 heterocycles. The summed E-state index contributed by atoms with van der Waals surface area (Å²) >= 11 is 0. The van der Waals surface area contributed by atoms with Crippen LogP contribution in [-0.4, -0.2) is 41.1 Å². The van der Waals surface area contributed by atoms with Crippen molar-refractivity contribution in [2.75, 3.05) is 0 Å². The highest BCUT2D eigenvalue weighted by atomic mass is 16.8. The molecule has 0 amide bonds. The largest absolute Gasteiger partial charge is 0.723 e. The molecule has 0 aromatic carbocycles. The zero-order chi connectivity index (χ0) is 17.2. The van der Waals surface area contributed by atoms with Crippen LogP contribution in [0, 0.1) is 60.7 Å². The average molecular weight is 314 g/mol. The van der Waals surface area contributed by atoms with Crippen LogP contribution in [0.1, 0.15) is 6.42 Å². The van der Waals surface area contributed by atoms with E-state index in [2.05, 4.69) is 0 Å². The molecule has 0 aromatic rings. The molecule has 21 heavy (non-hydrogen) atoms. The maximum absolute atomic E-state index is 10.5. The Labute approximate surface area is 109 Å². The van der Waals surface area contributed by atoms with Crippen LogP contribution in [0.4, 0.5) is 0 Å². The van der Waals surface area contributed by atoms with Crippen molar-refractivity contribution >= 4 is 0 Å². The van der Waals surface area contributed by atoms with Crippen molar-refractivity contribution < 1.29 is 29.5 Å². The molecule has 0 rings (SSSR count). The van der Waals surface area contributed by atoms with Crippen LogP contribution in [0.5, 0.6) is 0 Å². The maximum atomic E-state index is 10.5. The van der Waals surface area contributed by atoms with Crippen molar-refractivity contribution in [2.45, 2.75) is 18.0 Å². The highest BCUT2D eigenvalue weighted by molar-refractivity contribution is 4.63. The predicted octanol–water partition coefficient (Wildman–Crippen LogP) is -1.66.